The average Bonchev–Trinajstić information content (AvgIpc) is 3.45. The minimum atomic E-state index is 0.0220. The van der Waals surface area contributed by atoms with Crippen molar-refractivity contribution >= 4 is 34.5 Å². The van der Waals surface area contributed by atoms with E-state index >= 15 is 0 Å². The average molecular weight is 392 g/mol. The first kappa shape index (κ1) is 16.8. The van der Waals surface area contributed by atoms with Crippen LogP contribution in [0.3, 0.4) is 0 Å². The molecule has 4 heterocycles. The first-order valence-corrected chi connectivity index (χ1v) is 9.65. The number of piperazine rings is 1. The van der Waals surface area contributed by atoms with Crippen molar-refractivity contribution in [2.75, 3.05) is 31.1 Å². The molecule has 1 aromatic carbocycles. The molecule has 3 aromatic heterocycles. The minimum absolute atomic E-state index is 0.0220. The van der Waals surface area contributed by atoms with Crippen LogP contribution >= 0.6 is 11.7 Å². The molecule has 9 heteroatoms. The topological polar surface area (TPSA) is 88.3 Å². The first-order chi connectivity index (χ1) is 13.8. The molecular weight excluding hydrogens is 376 g/mol. The Labute approximate surface area is 164 Å². The number of amides is 1. The zero-order valence-electron chi connectivity index (χ0n) is 14.9. The van der Waals surface area contributed by atoms with Crippen molar-refractivity contribution in [3.63, 3.8) is 0 Å². The quantitative estimate of drug-likeness (QED) is 0.530. The highest BCUT2D eigenvalue weighted by Gasteiger charge is 2.23. The maximum atomic E-state index is 12.8. The van der Waals surface area contributed by atoms with Crippen LogP contribution in [0, 0.1) is 0 Å². The summed E-state index contributed by atoms with van der Waals surface area (Å²) in [7, 11) is 0. The van der Waals surface area contributed by atoms with E-state index in [4.69, 9.17) is 4.42 Å². The third-order valence-corrected chi connectivity index (χ3v) is 5.37. The molecule has 28 heavy (non-hydrogen) atoms. The van der Waals surface area contributed by atoms with E-state index in [0.717, 1.165) is 28.6 Å². The molecule has 8 nitrogen and oxygen atoms in total. The lowest BCUT2D eigenvalue weighted by Crippen LogP contribution is -2.49. The van der Waals surface area contributed by atoms with E-state index in [0.29, 0.717) is 43.2 Å². The Bertz CT molecular complexity index is 1100. The fraction of sp³-hybridized carbons (Fsp3) is 0.211. The van der Waals surface area contributed by atoms with Gasteiger partial charge >= 0.3 is 0 Å². The van der Waals surface area contributed by atoms with E-state index in [1.54, 1.807) is 6.26 Å². The molecule has 0 atom stereocenters. The van der Waals surface area contributed by atoms with Crippen LogP contribution in [0.25, 0.3) is 22.5 Å². The molecule has 1 fully saturated rings. The van der Waals surface area contributed by atoms with Crippen molar-refractivity contribution in [3.8, 4) is 11.5 Å². The lowest BCUT2D eigenvalue weighted by molar-refractivity contribution is 0.0746. The number of hydrogen-bond acceptors (Lipinski definition) is 8. The van der Waals surface area contributed by atoms with E-state index in [9.17, 15) is 4.79 Å². The maximum absolute atomic E-state index is 12.8. The van der Waals surface area contributed by atoms with E-state index in [1.807, 2.05) is 47.4 Å². The number of aromatic nitrogens is 4. The van der Waals surface area contributed by atoms with Gasteiger partial charge in [-0.3, -0.25) is 4.79 Å². The predicted molar refractivity (Wildman–Crippen MR) is 105 cm³/mol. The van der Waals surface area contributed by atoms with Gasteiger partial charge in [0.15, 0.2) is 11.6 Å². The van der Waals surface area contributed by atoms with Crippen LogP contribution in [-0.4, -0.2) is 55.9 Å². The number of anilines is 1. The van der Waals surface area contributed by atoms with Crippen LogP contribution in [0.2, 0.25) is 0 Å². The first-order valence-electron chi connectivity index (χ1n) is 8.92. The number of fused-ring (bicyclic) bond motifs is 1. The summed E-state index contributed by atoms with van der Waals surface area (Å²) >= 11 is 1.16. The number of rotatable bonds is 3. The van der Waals surface area contributed by atoms with Crippen LogP contribution in [0.4, 0.5) is 5.82 Å². The smallest absolute Gasteiger partial charge is 0.254 e. The fourth-order valence-corrected chi connectivity index (χ4v) is 3.80. The molecule has 0 radical (unpaired) electrons. The molecule has 5 rings (SSSR count). The Hall–Kier alpha value is -3.33. The summed E-state index contributed by atoms with van der Waals surface area (Å²) in [4.78, 5) is 16.8. The van der Waals surface area contributed by atoms with Gasteiger partial charge in [-0.1, -0.05) is 0 Å². The summed E-state index contributed by atoms with van der Waals surface area (Å²) in [5.41, 5.74) is 2.94. The molecule has 140 valence electrons. The molecule has 0 aliphatic carbocycles. The second kappa shape index (κ2) is 7.01. The van der Waals surface area contributed by atoms with Gasteiger partial charge in [0.05, 0.1) is 18.0 Å². The van der Waals surface area contributed by atoms with E-state index < -0.39 is 0 Å². The second-order valence-corrected chi connectivity index (χ2v) is 7.03. The van der Waals surface area contributed by atoms with E-state index in [-0.39, 0.29) is 5.91 Å². The molecule has 0 unspecified atom stereocenters. The third-order valence-electron chi connectivity index (χ3n) is 4.82. The van der Waals surface area contributed by atoms with Crippen molar-refractivity contribution in [2.24, 2.45) is 0 Å². The Morgan fingerprint density at radius 2 is 1.82 bits per heavy atom. The monoisotopic (exact) mass is 392 g/mol. The van der Waals surface area contributed by atoms with Gasteiger partial charge in [0, 0.05) is 31.7 Å². The highest BCUT2D eigenvalue weighted by atomic mass is 32.1. The summed E-state index contributed by atoms with van der Waals surface area (Å²) in [5, 5.41) is 8.56. The number of hydrogen-bond donors (Lipinski definition) is 0. The molecule has 0 N–H and O–H groups in total. The number of carbonyl (C=O) groups is 1. The largest absolute Gasteiger partial charge is 0.463 e. The van der Waals surface area contributed by atoms with Crippen molar-refractivity contribution in [1.29, 1.82) is 0 Å². The molecular formula is C19H16N6O2S. The molecule has 4 aromatic rings. The van der Waals surface area contributed by atoms with Crippen molar-refractivity contribution < 1.29 is 9.21 Å². The second-order valence-electron chi connectivity index (χ2n) is 6.50. The van der Waals surface area contributed by atoms with Gasteiger partial charge in [0.25, 0.3) is 5.91 Å². The molecule has 1 aliphatic heterocycles. The van der Waals surface area contributed by atoms with E-state index in [2.05, 4.69) is 23.8 Å². The van der Waals surface area contributed by atoms with Crippen molar-refractivity contribution in [1.82, 2.24) is 23.8 Å². The van der Waals surface area contributed by atoms with Gasteiger partial charge in [-0.15, -0.1) is 10.2 Å². The van der Waals surface area contributed by atoms with Gasteiger partial charge in [-0.05, 0) is 42.5 Å². The van der Waals surface area contributed by atoms with Gasteiger partial charge < -0.3 is 14.2 Å². The van der Waals surface area contributed by atoms with Crippen LogP contribution in [-0.2, 0) is 0 Å². The van der Waals surface area contributed by atoms with Crippen LogP contribution in [0.15, 0.2) is 53.1 Å². The summed E-state index contributed by atoms with van der Waals surface area (Å²) in [6.07, 6.45) is 1.61. The number of benzene rings is 1. The maximum Gasteiger partial charge on any atom is 0.254 e. The van der Waals surface area contributed by atoms with Gasteiger partial charge in [0.2, 0.25) is 0 Å². The number of carbonyl (C=O) groups excluding carboxylic acids is 1. The van der Waals surface area contributed by atoms with Gasteiger partial charge in [0.1, 0.15) is 16.7 Å². The lowest BCUT2D eigenvalue weighted by atomic mass is 10.1. The minimum Gasteiger partial charge on any atom is -0.463 e. The standard InChI is InChI=1S/C19H16N6O2S/c26-19(13-3-4-14-16(12-13)23-28-22-14)25-9-7-24(8-10-25)18-6-5-15(20-21-18)17-2-1-11-27-17/h1-6,11-12H,7-10H2. The van der Waals surface area contributed by atoms with Crippen LogP contribution < -0.4 is 4.90 Å². The Morgan fingerprint density at radius 3 is 2.57 bits per heavy atom. The number of nitrogens with zero attached hydrogens (tertiary/aromatic N) is 6. The Balaban J connectivity index is 1.25. The molecule has 0 saturated carbocycles. The van der Waals surface area contributed by atoms with Gasteiger partial charge in [-0.25, -0.2) is 0 Å². The highest BCUT2D eigenvalue weighted by molar-refractivity contribution is 7.00. The SMILES string of the molecule is O=C(c1ccc2nsnc2c1)N1CCN(c2ccc(-c3ccco3)nn2)CC1. The highest BCUT2D eigenvalue weighted by Crippen LogP contribution is 2.20. The normalized spacial score (nSPS) is 14.6. The van der Waals surface area contributed by atoms with Gasteiger partial charge in [-0.2, -0.15) is 8.75 Å². The zero-order chi connectivity index (χ0) is 18.9. The summed E-state index contributed by atoms with van der Waals surface area (Å²) in [5.74, 6) is 1.52. The Kier molecular flexibility index (Phi) is 4.21. The predicted octanol–water partition coefficient (Wildman–Crippen LogP) is 2.70. The number of furan rings is 1. The molecule has 1 saturated heterocycles. The fourth-order valence-electron chi connectivity index (χ4n) is 3.29. The van der Waals surface area contributed by atoms with Crippen LogP contribution in [0.5, 0.6) is 0 Å². The summed E-state index contributed by atoms with van der Waals surface area (Å²) in [6.45, 7) is 2.68. The van der Waals surface area contributed by atoms with E-state index in [1.165, 1.54) is 0 Å². The molecule has 0 spiro atoms. The third kappa shape index (κ3) is 3.09. The summed E-state index contributed by atoms with van der Waals surface area (Å²) in [6, 6.07) is 13.0. The zero-order valence-corrected chi connectivity index (χ0v) is 15.7. The summed E-state index contributed by atoms with van der Waals surface area (Å²) < 4.78 is 13.7. The molecule has 1 amide bonds. The molecule has 0 bridgehead atoms. The van der Waals surface area contributed by atoms with Crippen molar-refractivity contribution in [2.45, 2.75) is 0 Å². The van der Waals surface area contributed by atoms with Crippen LogP contribution in [0.1, 0.15) is 10.4 Å². The van der Waals surface area contributed by atoms with Crippen molar-refractivity contribution in [3.05, 3.63) is 54.3 Å². The lowest BCUT2D eigenvalue weighted by Gasteiger charge is -2.35. The Morgan fingerprint density at radius 1 is 0.964 bits per heavy atom. The molecule has 1 aliphatic rings.